The van der Waals surface area contributed by atoms with Crippen LogP contribution >= 0.6 is 0 Å². The second-order valence-electron chi connectivity index (χ2n) is 8.20. The van der Waals surface area contributed by atoms with Crippen LogP contribution < -0.4 is 10.6 Å². The Morgan fingerprint density at radius 2 is 1.52 bits per heavy atom. The molecule has 2 N–H and O–H groups in total. The first-order chi connectivity index (χ1) is 13.8. The molecular formula is C23H37F3N2O. The number of nitrogens with one attached hydrogen (secondary N) is 2. The molecule has 0 aliphatic heterocycles. The number of hydrogen-bond donors (Lipinski definition) is 2. The molecule has 0 aromatic rings. The Bertz CT molecular complexity index is 637. The van der Waals surface area contributed by atoms with Gasteiger partial charge < -0.3 is 10.6 Å². The number of carbonyl (C=O) groups is 1. The van der Waals surface area contributed by atoms with E-state index in [0.29, 0.717) is 12.3 Å². The van der Waals surface area contributed by atoms with E-state index in [9.17, 15) is 18.0 Å². The zero-order valence-electron chi connectivity index (χ0n) is 18.3. The summed E-state index contributed by atoms with van der Waals surface area (Å²) in [5, 5.41) is 5.68. The average molecular weight is 415 g/mol. The molecule has 1 fully saturated rings. The summed E-state index contributed by atoms with van der Waals surface area (Å²) in [5.74, 6) is -1.26. The second-order valence-corrected chi connectivity index (χ2v) is 8.20. The first kappa shape index (κ1) is 24.0. The zero-order valence-corrected chi connectivity index (χ0v) is 18.3. The molecule has 0 bridgehead atoms. The van der Waals surface area contributed by atoms with Crippen LogP contribution in [-0.4, -0.2) is 30.7 Å². The summed E-state index contributed by atoms with van der Waals surface area (Å²) < 4.78 is 37.9. The van der Waals surface area contributed by atoms with Gasteiger partial charge >= 0.3 is 12.1 Å². The smallest absolute Gasteiger partial charge is 0.344 e. The van der Waals surface area contributed by atoms with E-state index in [-0.39, 0.29) is 6.04 Å². The van der Waals surface area contributed by atoms with Gasteiger partial charge in [-0.1, -0.05) is 51.7 Å². The number of allylic oxidation sites excluding steroid dienone is 3. The van der Waals surface area contributed by atoms with Gasteiger partial charge in [0.1, 0.15) is 0 Å². The summed E-state index contributed by atoms with van der Waals surface area (Å²) in [7, 11) is 0. The van der Waals surface area contributed by atoms with Gasteiger partial charge in [-0.25, -0.2) is 0 Å². The lowest BCUT2D eigenvalue weighted by molar-refractivity contribution is -0.174. The van der Waals surface area contributed by atoms with Crippen LogP contribution in [0.5, 0.6) is 0 Å². The maximum atomic E-state index is 12.6. The minimum Gasteiger partial charge on any atom is -0.344 e. The number of halogens is 3. The number of alkyl halides is 3. The van der Waals surface area contributed by atoms with E-state index < -0.39 is 18.1 Å². The van der Waals surface area contributed by atoms with Crippen LogP contribution in [0.1, 0.15) is 85.5 Å². The van der Waals surface area contributed by atoms with Crippen molar-refractivity contribution >= 4 is 5.91 Å². The van der Waals surface area contributed by atoms with Crippen molar-refractivity contribution in [3.63, 3.8) is 0 Å². The maximum absolute atomic E-state index is 12.6. The van der Waals surface area contributed by atoms with E-state index in [1.807, 2.05) is 0 Å². The van der Waals surface area contributed by atoms with Gasteiger partial charge in [0.25, 0.3) is 0 Å². The number of rotatable bonds is 9. The highest BCUT2D eigenvalue weighted by atomic mass is 19.4. The van der Waals surface area contributed by atoms with Crippen LogP contribution in [-0.2, 0) is 4.79 Å². The molecule has 0 saturated heterocycles. The predicted molar refractivity (Wildman–Crippen MR) is 112 cm³/mol. The normalized spacial score (nSPS) is 25.7. The van der Waals surface area contributed by atoms with Crippen LogP contribution in [0.3, 0.4) is 0 Å². The monoisotopic (exact) mass is 414 g/mol. The van der Waals surface area contributed by atoms with Crippen LogP contribution in [0.2, 0.25) is 0 Å². The van der Waals surface area contributed by atoms with E-state index in [1.54, 1.807) is 11.1 Å². The van der Waals surface area contributed by atoms with Crippen LogP contribution in [0, 0.1) is 5.92 Å². The van der Waals surface area contributed by atoms with Crippen molar-refractivity contribution in [1.29, 1.82) is 0 Å². The molecule has 0 heterocycles. The molecule has 0 aromatic carbocycles. The largest absolute Gasteiger partial charge is 0.471 e. The third-order valence-corrected chi connectivity index (χ3v) is 6.63. The standard InChI is InChI=1S/C23H37F3N2O/c1-5-15-16(6-2)18(8-4)19(17(15)7-3)13-14-27-20-11-9-10-12-21(20)28-22(29)23(24,25)26/h15,20-21,27H,5-14H2,1-4H3,(H,28,29)/t15?,20-,21-/m1/s1. The van der Waals surface area contributed by atoms with Crippen LogP contribution in [0.25, 0.3) is 0 Å². The summed E-state index contributed by atoms with van der Waals surface area (Å²) in [6.07, 6.45) is 3.61. The topological polar surface area (TPSA) is 41.1 Å². The summed E-state index contributed by atoms with van der Waals surface area (Å²) >= 11 is 0. The Balaban J connectivity index is 2.04. The Kier molecular flexibility index (Phi) is 8.80. The van der Waals surface area contributed by atoms with E-state index in [0.717, 1.165) is 57.9 Å². The molecule has 0 aromatic heterocycles. The van der Waals surface area contributed by atoms with Gasteiger partial charge in [-0.15, -0.1) is 0 Å². The average Bonchev–Trinajstić information content (AvgIpc) is 2.99. The molecule has 3 nitrogen and oxygen atoms in total. The first-order valence-corrected chi connectivity index (χ1v) is 11.3. The van der Waals surface area contributed by atoms with Crippen molar-refractivity contribution in [2.75, 3.05) is 6.54 Å². The number of amides is 1. The minimum atomic E-state index is -4.82. The number of hydrogen-bond acceptors (Lipinski definition) is 2. The Morgan fingerprint density at radius 1 is 0.931 bits per heavy atom. The highest BCUT2D eigenvalue weighted by molar-refractivity contribution is 5.82. The quantitative estimate of drug-likeness (QED) is 0.499. The molecule has 0 radical (unpaired) electrons. The van der Waals surface area contributed by atoms with Crippen molar-refractivity contribution in [2.24, 2.45) is 5.92 Å². The zero-order chi connectivity index (χ0) is 21.6. The van der Waals surface area contributed by atoms with Crippen molar-refractivity contribution < 1.29 is 18.0 Å². The first-order valence-electron chi connectivity index (χ1n) is 11.3. The van der Waals surface area contributed by atoms with E-state index >= 15 is 0 Å². The molecule has 3 atom stereocenters. The van der Waals surface area contributed by atoms with Gasteiger partial charge in [0.15, 0.2) is 0 Å². The highest BCUT2D eigenvalue weighted by Gasteiger charge is 2.41. The van der Waals surface area contributed by atoms with Crippen molar-refractivity contribution in [2.45, 2.75) is 104 Å². The van der Waals surface area contributed by atoms with Gasteiger partial charge in [-0.05, 0) is 62.6 Å². The molecule has 1 saturated carbocycles. The molecule has 2 aliphatic rings. The van der Waals surface area contributed by atoms with Crippen LogP contribution in [0.4, 0.5) is 13.2 Å². The Morgan fingerprint density at radius 3 is 2.03 bits per heavy atom. The van der Waals surface area contributed by atoms with Crippen molar-refractivity contribution in [3.05, 3.63) is 22.3 Å². The van der Waals surface area contributed by atoms with Gasteiger partial charge in [0, 0.05) is 18.0 Å². The lowest BCUT2D eigenvalue weighted by Gasteiger charge is -2.33. The maximum Gasteiger partial charge on any atom is 0.471 e. The van der Waals surface area contributed by atoms with Crippen LogP contribution in [0.15, 0.2) is 22.3 Å². The lowest BCUT2D eigenvalue weighted by Crippen LogP contribution is -2.54. The molecule has 6 heteroatoms. The highest BCUT2D eigenvalue weighted by Crippen LogP contribution is 2.44. The fourth-order valence-corrected chi connectivity index (χ4v) is 5.36. The van der Waals surface area contributed by atoms with Gasteiger partial charge in [-0.2, -0.15) is 13.2 Å². The molecule has 2 rings (SSSR count). The van der Waals surface area contributed by atoms with Crippen molar-refractivity contribution in [1.82, 2.24) is 10.6 Å². The fraction of sp³-hybridized carbons (Fsp3) is 0.783. The van der Waals surface area contributed by atoms with Gasteiger partial charge in [0.2, 0.25) is 0 Å². The Hall–Kier alpha value is -1.30. The Labute approximate surface area is 173 Å². The number of carbonyl (C=O) groups excluding carboxylic acids is 1. The lowest BCUT2D eigenvalue weighted by atomic mass is 9.89. The van der Waals surface area contributed by atoms with Crippen molar-refractivity contribution in [3.8, 4) is 0 Å². The molecular weight excluding hydrogens is 377 g/mol. The summed E-state index contributed by atoms with van der Waals surface area (Å²) in [5.41, 5.74) is 6.10. The molecule has 29 heavy (non-hydrogen) atoms. The van der Waals surface area contributed by atoms with Gasteiger partial charge in [0.05, 0.1) is 0 Å². The SMILES string of the molecule is CCC1=C(CC)C(CC)C(CC)=C1CCN[C@@H]1CCCC[C@H]1NC(=O)C(F)(F)F. The summed E-state index contributed by atoms with van der Waals surface area (Å²) in [4.78, 5) is 11.4. The fourth-order valence-electron chi connectivity index (χ4n) is 5.36. The van der Waals surface area contributed by atoms with Gasteiger partial charge in [-0.3, -0.25) is 4.79 Å². The molecule has 1 amide bonds. The minimum absolute atomic E-state index is 0.0937. The van der Waals surface area contributed by atoms with E-state index in [4.69, 9.17) is 0 Å². The summed E-state index contributed by atoms with van der Waals surface area (Å²) in [6.45, 7) is 9.66. The molecule has 2 aliphatic carbocycles. The van der Waals surface area contributed by atoms with E-state index in [1.165, 1.54) is 11.1 Å². The molecule has 166 valence electrons. The summed E-state index contributed by atoms with van der Waals surface area (Å²) in [6, 6.07) is -0.541. The second kappa shape index (κ2) is 10.6. The predicted octanol–water partition coefficient (Wildman–Crippen LogP) is 5.82. The third kappa shape index (κ3) is 5.65. The molecule has 1 unspecified atom stereocenters. The third-order valence-electron chi connectivity index (χ3n) is 6.63. The van der Waals surface area contributed by atoms with E-state index in [2.05, 4.69) is 38.3 Å². The molecule has 0 spiro atoms.